The summed E-state index contributed by atoms with van der Waals surface area (Å²) in [6.07, 6.45) is 0. The topological polar surface area (TPSA) is 25.8 Å². The van der Waals surface area contributed by atoms with E-state index in [1.54, 1.807) is 0 Å². The Balaban J connectivity index is 2.46. The number of para-hydroxylation sites is 3. The van der Waals surface area contributed by atoms with E-state index >= 15 is 0 Å². The molecule has 0 radical (unpaired) electrons. The molecule has 3 rings (SSSR count). The van der Waals surface area contributed by atoms with Gasteiger partial charge in [0.1, 0.15) is 0 Å². The highest BCUT2D eigenvalue weighted by atomic mass is 79.9. The maximum Gasteiger partial charge on any atom is 0.0935 e. The maximum atomic E-state index is 4.66. The van der Waals surface area contributed by atoms with Crippen molar-refractivity contribution in [3.05, 3.63) is 48.0 Å². The van der Waals surface area contributed by atoms with E-state index in [9.17, 15) is 0 Å². The van der Waals surface area contributed by atoms with Gasteiger partial charge in [-0.25, -0.2) is 9.97 Å². The van der Waals surface area contributed by atoms with Crippen molar-refractivity contribution >= 4 is 38.0 Å². The predicted octanol–water partition coefficient (Wildman–Crippen LogP) is 3.68. The zero-order valence-corrected chi connectivity index (χ0v) is 10.1. The SMILES string of the molecule is BrCc1cccc2nc3ccccc3nc12. The molecule has 3 heteroatoms. The molecule has 78 valence electrons. The number of hydrogen-bond acceptors (Lipinski definition) is 2. The van der Waals surface area contributed by atoms with E-state index in [0.717, 1.165) is 27.4 Å². The summed E-state index contributed by atoms with van der Waals surface area (Å²) in [5, 5.41) is 0.803. The van der Waals surface area contributed by atoms with E-state index in [1.165, 1.54) is 5.56 Å². The molecule has 0 aliphatic rings. The molecule has 0 aliphatic carbocycles. The summed E-state index contributed by atoms with van der Waals surface area (Å²) in [5.74, 6) is 0. The summed E-state index contributed by atoms with van der Waals surface area (Å²) in [4.78, 5) is 9.26. The number of fused-ring (bicyclic) bond motifs is 2. The van der Waals surface area contributed by atoms with Gasteiger partial charge < -0.3 is 0 Å². The van der Waals surface area contributed by atoms with Crippen molar-refractivity contribution in [2.75, 3.05) is 0 Å². The molecule has 1 heterocycles. The lowest BCUT2D eigenvalue weighted by Gasteiger charge is -2.03. The molecule has 0 unspecified atom stereocenters. The number of nitrogens with zero attached hydrogens (tertiary/aromatic N) is 2. The molecule has 0 atom stereocenters. The minimum absolute atomic E-state index is 0.803. The fourth-order valence-electron chi connectivity index (χ4n) is 1.81. The van der Waals surface area contributed by atoms with Crippen molar-refractivity contribution in [2.45, 2.75) is 5.33 Å². The van der Waals surface area contributed by atoms with Gasteiger partial charge in [0.25, 0.3) is 0 Å². The van der Waals surface area contributed by atoms with Crippen LogP contribution in [0.1, 0.15) is 5.56 Å². The van der Waals surface area contributed by atoms with E-state index < -0.39 is 0 Å². The highest BCUT2D eigenvalue weighted by Crippen LogP contribution is 2.20. The first-order valence-corrected chi connectivity index (χ1v) is 6.21. The first-order valence-electron chi connectivity index (χ1n) is 5.09. The molecule has 0 saturated carbocycles. The second kappa shape index (κ2) is 3.83. The van der Waals surface area contributed by atoms with Crippen LogP contribution in [0, 0.1) is 0 Å². The average Bonchev–Trinajstić information content (AvgIpc) is 2.35. The van der Waals surface area contributed by atoms with Gasteiger partial charge in [0.15, 0.2) is 0 Å². The molecule has 0 fully saturated rings. The Bertz CT molecular complexity index is 664. The lowest BCUT2D eigenvalue weighted by atomic mass is 10.2. The average molecular weight is 273 g/mol. The highest BCUT2D eigenvalue weighted by molar-refractivity contribution is 9.08. The lowest BCUT2D eigenvalue weighted by Crippen LogP contribution is -1.90. The molecule has 0 spiro atoms. The fraction of sp³-hybridized carbons (Fsp3) is 0.0769. The normalized spacial score (nSPS) is 11.1. The van der Waals surface area contributed by atoms with Crippen molar-refractivity contribution in [1.29, 1.82) is 0 Å². The largest absolute Gasteiger partial charge is 0.244 e. The van der Waals surface area contributed by atoms with Crippen LogP contribution in [0.15, 0.2) is 42.5 Å². The summed E-state index contributed by atoms with van der Waals surface area (Å²) in [6.45, 7) is 0. The number of aromatic nitrogens is 2. The molecule has 2 aromatic carbocycles. The third-order valence-electron chi connectivity index (χ3n) is 2.60. The van der Waals surface area contributed by atoms with Crippen LogP contribution >= 0.6 is 15.9 Å². The molecule has 16 heavy (non-hydrogen) atoms. The van der Waals surface area contributed by atoms with Crippen molar-refractivity contribution in [3.8, 4) is 0 Å². The Morgan fingerprint density at radius 2 is 1.50 bits per heavy atom. The Morgan fingerprint density at radius 1 is 0.812 bits per heavy atom. The monoisotopic (exact) mass is 272 g/mol. The quantitative estimate of drug-likeness (QED) is 0.499. The molecule has 0 aliphatic heterocycles. The first-order chi connectivity index (χ1) is 7.88. The van der Waals surface area contributed by atoms with Crippen LogP contribution in [0.2, 0.25) is 0 Å². The second-order valence-electron chi connectivity index (χ2n) is 3.63. The number of rotatable bonds is 1. The van der Waals surface area contributed by atoms with E-state index in [2.05, 4.69) is 32.0 Å². The van der Waals surface area contributed by atoms with Crippen LogP contribution in [0.4, 0.5) is 0 Å². The van der Waals surface area contributed by atoms with Gasteiger partial charge in [-0.15, -0.1) is 0 Å². The van der Waals surface area contributed by atoms with Crippen LogP contribution in [0.3, 0.4) is 0 Å². The van der Waals surface area contributed by atoms with E-state index in [-0.39, 0.29) is 0 Å². The summed E-state index contributed by atoms with van der Waals surface area (Å²) in [6, 6.07) is 14.0. The molecule has 0 amide bonds. The van der Waals surface area contributed by atoms with Crippen molar-refractivity contribution in [2.24, 2.45) is 0 Å². The zero-order valence-electron chi connectivity index (χ0n) is 8.52. The van der Waals surface area contributed by atoms with Crippen molar-refractivity contribution in [3.63, 3.8) is 0 Å². The van der Waals surface area contributed by atoms with Crippen LogP contribution in [0.5, 0.6) is 0 Å². The van der Waals surface area contributed by atoms with E-state index in [0.29, 0.717) is 0 Å². The summed E-state index contributed by atoms with van der Waals surface area (Å²) >= 11 is 3.47. The number of halogens is 1. The third-order valence-corrected chi connectivity index (χ3v) is 3.20. The van der Waals surface area contributed by atoms with E-state index in [4.69, 9.17) is 0 Å². The minimum Gasteiger partial charge on any atom is -0.244 e. The van der Waals surface area contributed by atoms with Crippen LogP contribution in [-0.4, -0.2) is 9.97 Å². The molecule has 3 aromatic rings. The van der Waals surface area contributed by atoms with Gasteiger partial charge in [0.2, 0.25) is 0 Å². The zero-order chi connectivity index (χ0) is 11.0. The minimum atomic E-state index is 0.803. The van der Waals surface area contributed by atoms with Crippen LogP contribution < -0.4 is 0 Å². The first kappa shape index (κ1) is 9.73. The van der Waals surface area contributed by atoms with Gasteiger partial charge in [-0.1, -0.05) is 40.2 Å². The Morgan fingerprint density at radius 3 is 2.25 bits per heavy atom. The van der Waals surface area contributed by atoms with Crippen LogP contribution in [-0.2, 0) is 5.33 Å². The smallest absolute Gasteiger partial charge is 0.0935 e. The molecular weight excluding hydrogens is 264 g/mol. The molecule has 1 aromatic heterocycles. The lowest BCUT2D eigenvalue weighted by molar-refractivity contribution is 1.35. The number of hydrogen-bond donors (Lipinski definition) is 0. The van der Waals surface area contributed by atoms with Crippen molar-refractivity contribution in [1.82, 2.24) is 9.97 Å². The fourth-order valence-corrected chi connectivity index (χ4v) is 2.26. The molecule has 0 bridgehead atoms. The van der Waals surface area contributed by atoms with Gasteiger partial charge >= 0.3 is 0 Å². The summed E-state index contributed by atoms with van der Waals surface area (Å²) < 4.78 is 0. The predicted molar refractivity (Wildman–Crippen MR) is 69.7 cm³/mol. The number of benzene rings is 2. The Hall–Kier alpha value is -1.48. The molecule has 2 nitrogen and oxygen atoms in total. The van der Waals surface area contributed by atoms with Gasteiger partial charge in [-0.3, -0.25) is 0 Å². The molecule has 0 N–H and O–H groups in total. The Kier molecular flexibility index (Phi) is 2.33. The molecular formula is C13H9BrN2. The van der Waals surface area contributed by atoms with Gasteiger partial charge in [-0.05, 0) is 23.8 Å². The Labute approximate surface area is 101 Å². The maximum absolute atomic E-state index is 4.66. The highest BCUT2D eigenvalue weighted by Gasteiger charge is 2.04. The van der Waals surface area contributed by atoms with E-state index in [1.807, 2.05) is 36.4 Å². The standard InChI is InChI=1S/C13H9BrN2/c14-8-9-4-3-7-12-13(9)16-11-6-2-1-5-10(11)15-12/h1-7H,8H2. The van der Waals surface area contributed by atoms with Gasteiger partial charge in [-0.2, -0.15) is 0 Å². The summed E-state index contributed by atoms with van der Waals surface area (Å²) in [5.41, 5.74) is 5.01. The molecule has 0 saturated heterocycles. The summed E-state index contributed by atoms with van der Waals surface area (Å²) in [7, 11) is 0. The van der Waals surface area contributed by atoms with Crippen LogP contribution in [0.25, 0.3) is 22.1 Å². The third kappa shape index (κ3) is 1.48. The number of alkyl halides is 1. The van der Waals surface area contributed by atoms with Crippen molar-refractivity contribution < 1.29 is 0 Å². The van der Waals surface area contributed by atoms with Gasteiger partial charge in [0, 0.05) is 5.33 Å². The second-order valence-corrected chi connectivity index (χ2v) is 4.19. The van der Waals surface area contributed by atoms with Gasteiger partial charge in [0.05, 0.1) is 22.1 Å².